The largest absolute Gasteiger partial charge is 0.364 e. The fraction of sp³-hybridized carbons (Fsp3) is 0.294. The van der Waals surface area contributed by atoms with Crippen LogP contribution in [-0.2, 0) is 6.42 Å². The van der Waals surface area contributed by atoms with E-state index in [0.717, 1.165) is 28.9 Å². The molecule has 0 bridgehead atoms. The highest BCUT2D eigenvalue weighted by Gasteiger charge is 2.19. The number of fused-ring (bicyclic) bond motifs is 1. The molecular formula is C17H19N3S. The van der Waals surface area contributed by atoms with Gasteiger partial charge >= 0.3 is 0 Å². The molecule has 4 heteroatoms. The first kappa shape index (κ1) is 14.0. The van der Waals surface area contributed by atoms with Crippen LogP contribution in [0, 0.1) is 0 Å². The van der Waals surface area contributed by atoms with Gasteiger partial charge < -0.3 is 5.32 Å². The molecular weight excluding hydrogens is 278 g/mol. The quantitative estimate of drug-likeness (QED) is 0.752. The Morgan fingerprint density at radius 3 is 2.71 bits per heavy atom. The van der Waals surface area contributed by atoms with Gasteiger partial charge in [0, 0.05) is 5.54 Å². The van der Waals surface area contributed by atoms with Crippen molar-refractivity contribution in [2.45, 2.75) is 32.2 Å². The van der Waals surface area contributed by atoms with Crippen molar-refractivity contribution in [2.75, 3.05) is 5.32 Å². The molecule has 1 aromatic carbocycles. The normalized spacial score (nSPS) is 11.7. The van der Waals surface area contributed by atoms with Crippen LogP contribution in [0.15, 0.2) is 48.1 Å². The van der Waals surface area contributed by atoms with Gasteiger partial charge in [-0.2, -0.15) is 0 Å². The summed E-state index contributed by atoms with van der Waals surface area (Å²) in [5.74, 6) is 0.938. The maximum Gasteiger partial charge on any atom is 0.147 e. The fourth-order valence-electron chi connectivity index (χ4n) is 2.36. The molecule has 0 saturated heterocycles. The van der Waals surface area contributed by atoms with E-state index in [1.807, 2.05) is 6.07 Å². The second kappa shape index (κ2) is 5.82. The molecule has 0 atom stereocenters. The van der Waals surface area contributed by atoms with Crippen molar-refractivity contribution in [2.24, 2.45) is 0 Å². The van der Waals surface area contributed by atoms with Crippen LogP contribution in [0.4, 0.5) is 5.82 Å². The summed E-state index contributed by atoms with van der Waals surface area (Å²) in [5, 5.41) is 5.63. The van der Waals surface area contributed by atoms with Crippen LogP contribution in [0.5, 0.6) is 0 Å². The molecule has 0 unspecified atom stereocenters. The average Bonchev–Trinajstić information content (AvgIpc) is 2.96. The molecule has 0 spiro atoms. The summed E-state index contributed by atoms with van der Waals surface area (Å²) < 4.78 is 1.13. The Labute approximate surface area is 129 Å². The van der Waals surface area contributed by atoms with Gasteiger partial charge in [0.15, 0.2) is 0 Å². The van der Waals surface area contributed by atoms with Gasteiger partial charge in [-0.3, -0.25) is 0 Å². The number of nitrogens with zero attached hydrogens (tertiary/aromatic N) is 2. The Morgan fingerprint density at radius 2 is 1.90 bits per heavy atom. The minimum atomic E-state index is -0.0128. The molecule has 0 radical (unpaired) electrons. The zero-order valence-corrected chi connectivity index (χ0v) is 13.2. The van der Waals surface area contributed by atoms with Crippen molar-refractivity contribution in [3.8, 4) is 0 Å². The molecule has 1 N–H and O–H groups in total. The Morgan fingerprint density at radius 1 is 1.10 bits per heavy atom. The molecule has 2 heterocycles. The summed E-state index contributed by atoms with van der Waals surface area (Å²) in [6, 6.07) is 12.6. The Balaban J connectivity index is 1.72. The molecule has 3 aromatic rings. The number of hydrogen-bond donors (Lipinski definition) is 1. The van der Waals surface area contributed by atoms with Crippen LogP contribution < -0.4 is 5.32 Å². The highest BCUT2D eigenvalue weighted by molar-refractivity contribution is 7.17. The summed E-state index contributed by atoms with van der Waals surface area (Å²) in [6.45, 7) is 4.44. The van der Waals surface area contributed by atoms with Gasteiger partial charge in [-0.15, -0.1) is 11.3 Å². The third-order valence-electron chi connectivity index (χ3n) is 3.58. The van der Waals surface area contributed by atoms with E-state index < -0.39 is 0 Å². The highest BCUT2D eigenvalue weighted by Crippen LogP contribution is 2.28. The standard InChI is InChI=1S/C17H19N3S/c1-17(2,10-8-13-6-4-3-5-7-13)20-16-15-14(9-11-21-15)18-12-19-16/h3-7,9,11-12H,8,10H2,1-2H3,(H,18,19,20). The predicted molar refractivity (Wildman–Crippen MR) is 89.9 cm³/mol. The Hall–Kier alpha value is -1.94. The zero-order valence-electron chi connectivity index (χ0n) is 12.3. The highest BCUT2D eigenvalue weighted by atomic mass is 32.1. The van der Waals surface area contributed by atoms with E-state index in [9.17, 15) is 0 Å². The van der Waals surface area contributed by atoms with Crippen molar-refractivity contribution < 1.29 is 0 Å². The SMILES string of the molecule is CC(C)(CCc1ccccc1)Nc1ncnc2ccsc12. The fourth-order valence-corrected chi connectivity index (χ4v) is 3.15. The smallest absolute Gasteiger partial charge is 0.147 e. The lowest BCUT2D eigenvalue weighted by Gasteiger charge is -2.27. The van der Waals surface area contributed by atoms with E-state index in [2.05, 4.69) is 64.8 Å². The minimum absolute atomic E-state index is 0.0128. The first-order valence-corrected chi connectivity index (χ1v) is 8.02. The van der Waals surface area contributed by atoms with Crippen LogP contribution in [0.1, 0.15) is 25.8 Å². The van der Waals surface area contributed by atoms with Crippen molar-refractivity contribution in [3.63, 3.8) is 0 Å². The van der Waals surface area contributed by atoms with Crippen molar-refractivity contribution in [1.82, 2.24) is 9.97 Å². The molecule has 0 amide bonds. The number of anilines is 1. The molecule has 2 aromatic heterocycles. The van der Waals surface area contributed by atoms with Gasteiger partial charge in [-0.05, 0) is 43.7 Å². The van der Waals surface area contributed by atoms with Crippen LogP contribution in [0.25, 0.3) is 10.2 Å². The molecule has 3 nitrogen and oxygen atoms in total. The lowest BCUT2D eigenvalue weighted by Crippen LogP contribution is -2.32. The van der Waals surface area contributed by atoms with Crippen LogP contribution in [-0.4, -0.2) is 15.5 Å². The molecule has 0 saturated carbocycles. The van der Waals surface area contributed by atoms with E-state index in [-0.39, 0.29) is 5.54 Å². The second-order valence-corrected chi connectivity index (χ2v) is 6.77. The summed E-state index contributed by atoms with van der Waals surface area (Å²) in [7, 11) is 0. The Kier molecular flexibility index (Phi) is 3.88. The van der Waals surface area contributed by atoms with E-state index in [1.165, 1.54) is 5.56 Å². The van der Waals surface area contributed by atoms with Crippen molar-refractivity contribution >= 4 is 27.4 Å². The van der Waals surface area contributed by atoms with Crippen LogP contribution in [0.3, 0.4) is 0 Å². The maximum absolute atomic E-state index is 4.41. The van der Waals surface area contributed by atoms with Gasteiger partial charge in [0.05, 0.1) is 10.2 Å². The number of hydrogen-bond acceptors (Lipinski definition) is 4. The first-order chi connectivity index (χ1) is 10.1. The van der Waals surface area contributed by atoms with Crippen LogP contribution in [0.2, 0.25) is 0 Å². The van der Waals surface area contributed by atoms with Crippen molar-refractivity contribution in [3.05, 3.63) is 53.7 Å². The third kappa shape index (κ3) is 3.39. The number of thiophene rings is 1. The van der Waals surface area contributed by atoms with E-state index in [0.29, 0.717) is 0 Å². The summed E-state index contributed by atoms with van der Waals surface area (Å²) in [5.41, 5.74) is 2.37. The number of aromatic nitrogens is 2. The second-order valence-electron chi connectivity index (χ2n) is 5.85. The summed E-state index contributed by atoms with van der Waals surface area (Å²) in [4.78, 5) is 8.69. The molecule has 0 aliphatic heterocycles. The third-order valence-corrected chi connectivity index (χ3v) is 4.49. The summed E-state index contributed by atoms with van der Waals surface area (Å²) in [6.07, 6.45) is 3.73. The number of benzene rings is 1. The zero-order chi connectivity index (χ0) is 14.7. The minimum Gasteiger partial charge on any atom is -0.364 e. The van der Waals surface area contributed by atoms with Gasteiger partial charge in [-0.25, -0.2) is 9.97 Å². The number of aryl methyl sites for hydroxylation is 1. The lowest BCUT2D eigenvalue weighted by molar-refractivity contribution is 0.517. The maximum atomic E-state index is 4.41. The monoisotopic (exact) mass is 297 g/mol. The van der Waals surface area contributed by atoms with Gasteiger partial charge in [-0.1, -0.05) is 30.3 Å². The molecule has 108 valence electrons. The Bertz CT molecular complexity index is 719. The summed E-state index contributed by atoms with van der Waals surface area (Å²) >= 11 is 1.68. The molecule has 21 heavy (non-hydrogen) atoms. The lowest BCUT2D eigenvalue weighted by atomic mass is 9.95. The molecule has 0 aliphatic rings. The van der Waals surface area contributed by atoms with E-state index >= 15 is 0 Å². The number of rotatable bonds is 5. The topological polar surface area (TPSA) is 37.8 Å². The van der Waals surface area contributed by atoms with Gasteiger partial charge in [0.1, 0.15) is 12.1 Å². The van der Waals surface area contributed by atoms with Gasteiger partial charge in [0.25, 0.3) is 0 Å². The van der Waals surface area contributed by atoms with Crippen molar-refractivity contribution in [1.29, 1.82) is 0 Å². The van der Waals surface area contributed by atoms with E-state index in [4.69, 9.17) is 0 Å². The van der Waals surface area contributed by atoms with Gasteiger partial charge in [0.2, 0.25) is 0 Å². The predicted octanol–water partition coefficient (Wildman–Crippen LogP) is 4.51. The average molecular weight is 297 g/mol. The first-order valence-electron chi connectivity index (χ1n) is 7.14. The number of nitrogens with one attached hydrogen (secondary N) is 1. The molecule has 0 aliphatic carbocycles. The van der Waals surface area contributed by atoms with E-state index in [1.54, 1.807) is 17.7 Å². The molecule has 3 rings (SSSR count). The van der Waals surface area contributed by atoms with Crippen LogP contribution >= 0.6 is 11.3 Å². The molecule has 0 fully saturated rings.